The lowest BCUT2D eigenvalue weighted by Gasteiger charge is -2.27. The first kappa shape index (κ1) is 30.6. The van der Waals surface area contributed by atoms with E-state index in [4.69, 9.17) is 0 Å². The van der Waals surface area contributed by atoms with Crippen molar-refractivity contribution in [2.45, 2.75) is 68.4 Å². The molecule has 3 aromatic rings. The molecule has 0 N–H and O–H groups in total. The molecule has 0 bridgehead atoms. The van der Waals surface area contributed by atoms with E-state index in [1.54, 1.807) is 0 Å². The molecule has 1 saturated heterocycles. The Balaban J connectivity index is 1.61. The quantitative estimate of drug-likeness (QED) is 0.291. The topological polar surface area (TPSA) is 80.2 Å². The molecular formula is C27H24F7N3O3S. The molecule has 1 aliphatic heterocycles. The number of carbonyl (C=O) groups excluding carboxylic acids is 1. The summed E-state index contributed by atoms with van der Waals surface area (Å²) in [5, 5.41) is 0. The van der Waals surface area contributed by atoms with Crippen molar-refractivity contribution < 1.29 is 43.9 Å². The van der Waals surface area contributed by atoms with E-state index in [1.807, 2.05) is 0 Å². The summed E-state index contributed by atoms with van der Waals surface area (Å²) in [5.74, 6) is -5.59. The van der Waals surface area contributed by atoms with Crippen molar-refractivity contribution in [3.63, 3.8) is 0 Å². The van der Waals surface area contributed by atoms with E-state index in [0.29, 0.717) is 11.2 Å². The van der Waals surface area contributed by atoms with Crippen LogP contribution in [0, 0.1) is 5.82 Å². The van der Waals surface area contributed by atoms with Gasteiger partial charge in [0.1, 0.15) is 12.0 Å². The monoisotopic (exact) mass is 603 g/mol. The Morgan fingerprint density at radius 1 is 1.00 bits per heavy atom. The molecule has 0 amide bonds. The van der Waals surface area contributed by atoms with Crippen molar-refractivity contribution in [2.24, 2.45) is 0 Å². The average molecular weight is 604 g/mol. The Kier molecular flexibility index (Phi) is 8.29. The molecule has 2 heterocycles. The van der Waals surface area contributed by atoms with Gasteiger partial charge in [0, 0.05) is 37.7 Å². The van der Waals surface area contributed by atoms with Crippen molar-refractivity contribution in [1.29, 1.82) is 0 Å². The van der Waals surface area contributed by atoms with Crippen molar-refractivity contribution in [3.8, 4) is 11.1 Å². The first-order chi connectivity index (χ1) is 19.0. The highest BCUT2D eigenvalue weighted by Gasteiger charge is 2.48. The fourth-order valence-corrected chi connectivity index (χ4v) is 6.56. The third-order valence-corrected chi connectivity index (χ3v) is 8.88. The number of aromatic nitrogens is 2. The molecule has 0 unspecified atom stereocenters. The molecule has 0 spiro atoms. The van der Waals surface area contributed by atoms with Crippen LogP contribution in [0.4, 0.5) is 30.7 Å². The van der Waals surface area contributed by atoms with E-state index in [-0.39, 0.29) is 21.6 Å². The SMILES string of the molecule is C[C@H]1[C@H](F)C[C@@H](C(=O)CCc2cc(-c3cnc(C(C)(F)F)nc3)ccc2C(F)(F)F)N1S(=O)(=O)c1ccc(F)cc1. The summed E-state index contributed by atoms with van der Waals surface area (Å²) in [6.07, 6.45) is -5.95. The summed E-state index contributed by atoms with van der Waals surface area (Å²) in [7, 11) is -4.44. The van der Waals surface area contributed by atoms with E-state index in [2.05, 4.69) is 9.97 Å². The van der Waals surface area contributed by atoms with Crippen LogP contribution in [0.2, 0.25) is 0 Å². The van der Waals surface area contributed by atoms with Gasteiger partial charge in [0.2, 0.25) is 10.0 Å². The maximum Gasteiger partial charge on any atom is 0.416 e. The lowest BCUT2D eigenvalue weighted by molar-refractivity contribution is -0.138. The van der Waals surface area contributed by atoms with Gasteiger partial charge in [-0.1, -0.05) is 12.1 Å². The van der Waals surface area contributed by atoms with Gasteiger partial charge < -0.3 is 0 Å². The number of rotatable bonds is 8. The molecule has 41 heavy (non-hydrogen) atoms. The maximum atomic E-state index is 14.7. The zero-order valence-corrected chi connectivity index (χ0v) is 22.5. The van der Waals surface area contributed by atoms with Gasteiger partial charge in [-0.15, -0.1) is 0 Å². The van der Waals surface area contributed by atoms with Crippen molar-refractivity contribution >= 4 is 15.8 Å². The highest BCUT2D eigenvalue weighted by Crippen LogP contribution is 2.37. The molecule has 2 aromatic carbocycles. The van der Waals surface area contributed by atoms with Crippen molar-refractivity contribution in [1.82, 2.24) is 14.3 Å². The van der Waals surface area contributed by atoms with Gasteiger partial charge >= 0.3 is 12.1 Å². The number of ketones is 1. The lowest BCUT2D eigenvalue weighted by atomic mass is 9.95. The minimum Gasteiger partial charge on any atom is -0.298 e. The molecule has 4 rings (SSSR count). The average Bonchev–Trinajstić information content (AvgIpc) is 3.21. The summed E-state index contributed by atoms with van der Waals surface area (Å²) in [5.41, 5.74) is -1.04. The first-order valence-corrected chi connectivity index (χ1v) is 13.8. The fraction of sp³-hybridized carbons (Fsp3) is 0.370. The number of benzene rings is 2. The molecule has 0 radical (unpaired) electrons. The highest BCUT2D eigenvalue weighted by atomic mass is 32.2. The fourth-order valence-electron chi connectivity index (χ4n) is 4.73. The Morgan fingerprint density at radius 2 is 1.61 bits per heavy atom. The number of hydrogen-bond donors (Lipinski definition) is 0. The van der Waals surface area contributed by atoms with Crippen LogP contribution < -0.4 is 0 Å². The molecule has 6 nitrogen and oxygen atoms in total. The summed E-state index contributed by atoms with van der Waals surface area (Å²) < 4.78 is 123. The Bertz CT molecular complexity index is 1520. The summed E-state index contributed by atoms with van der Waals surface area (Å²) in [4.78, 5) is 20.0. The number of hydrogen-bond acceptors (Lipinski definition) is 5. The number of Topliss-reactive ketones (excluding diaryl/α,β-unsaturated/α-hetero) is 1. The molecule has 14 heteroatoms. The highest BCUT2D eigenvalue weighted by molar-refractivity contribution is 7.89. The van der Waals surface area contributed by atoms with Crippen LogP contribution in [0.1, 0.15) is 43.6 Å². The second-order valence-corrected chi connectivity index (χ2v) is 11.7. The molecule has 1 aliphatic rings. The number of nitrogens with zero attached hydrogens (tertiary/aromatic N) is 3. The second kappa shape index (κ2) is 11.1. The molecule has 0 saturated carbocycles. The van der Waals surface area contributed by atoms with Crippen molar-refractivity contribution in [3.05, 3.63) is 77.6 Å². The minimum atomic E-state index is -4.80. The van der Waals surface area contributed by atoms with Gasteiger partial charge in [-0.2, -0.15) is 26.3 Å². The van der Waals surface area contributed by atoms with Crippen LogP contribution in [0.25, 0.3) is 11.1 Å². The van der Waals surface area contributed by atoms with Gasteiger partial charge in [-0.05, 0) is 54.8 Å². The molecule has 220 valence electrons. The molecule has 0 aliphatic carbocycles. The summed E-state index contributed by atoms with van der Waals surface area (Å²) in [6.45, 7) is 1.86. The van der Waals surface area contributed by atoms with Crippen LogP contribution in [0.15, 0.2) is 59.8 Å². The predicted molar refractivity (Wildman–Crippen MR) is 134 cm³/mol. The lowest BCUT2D eigenvalue weighted by Crippen LogP contribution is -2.44. The van der Waals surface area contributed by atoms with E-state index in [0.717, 1.165) is 54.9 Å². The normalized spacial score (nSPS) is 20.4. The maximum absolute atomic E-state index is 14.7. The van der Waals surface area contributed by atoms with Crippen molar-refractivity contribution in [2.75, 3.05) is 0 Å². The Labute approximate surface area is 231 Å². The number of halogens is 7. The standard InChI is InChI=1S/C27H24F7N3O3S/c1-15-22(29)12-23(37(15)41(39,40)20-7-5-19(28)6-8-20)24(38)10-4-17-11-16(3-9-21(17)27(32,33)34)18-13-35-25(36-14-18)26(2,30)31/h3,5-9,11,13-15,22-23H,4,10,12H2,1-2H3/t15-,22+,23-/m0/s1. The van der Waals surface area contributed by atoms with Gasteiger partial charge in [-0.25, -0.2) is 27.2 Å². The van der Waals surface area contributed by atoms with E-state index in [9.17, 15) is 43.9 Å². The zero-order chi connectivity index (χ0) is 30.3. The molecular weight excluding hydrogens is 579 g/mol. The van der Waals surface area contributed by atoms with Gasteiger partial charge in [0.05, 0.1) is 22.5 Å². The molecule has 1 aromatic heterocycles. The number of aryl methyl sites for hydroxylation is 1. The van der Waals surface area contributed by atoms with Gasteiger partial charge in [0.25, 0.3) is 0 Å². The second-order valence-electron chi connectivity index (χ2n) is 9.82. The number of alkyl halides is 6. The Morgan fingerprint density at radius 3 is 2.17 bits per heavy atom. The molecule has 1 fully saturated rings. The summed E-state index contributed by atoms with van der Waals surface area (Å²) >= 11 is 0. The third kappa shape index (κ3) is 6.43. The number of carbonyl (C=O) groups is 1. The third-order valence-electron chi connectivity index (χ3n) is 6.87. The minimum absolute atomic E-state index is 0.153. The van der Waals surface area contributed by atoms with Crippen LogP contribution in [-0.2, 0) is 33.3 Å². The van der Waals surface area contributed by atoms with Gasteiger partial charge in [0.15, 0.2) is 11.6 Å². The van der Waals surface area contributed by atoms with Gasteiger partial charge in [-0.3, -0.25) is 4.79 Å². The number of sulfonamides is 1. The largest absolute Gasteiger partial charge is 0.416 e. The van der Waals surface area contributed by atoms with E-state index in [1.165, 1.54) is 6.92 Å². The smallest absolute Gasteiger partial charge is 0.298 e. The zero-order valence-electron chi connectivity index (χ0n) is 21.7. The van der Waals surface area contributed by atoms with Crippen LogP contribution in [-0.4, -0.2) is 46.7 Å². The summed E-state index contributed by atoms with van der Waals surface area (Å²) in [6, 6.07) is 4.03. The van der Waals surface area contributed by atoms with E-state index < -0.39 is 82.6 Å². The predicted octanol–water partition coefficient (Wildman–Crippen LogP) is 6.10. The van der Waals surface area contributed by atoms with E-state index >= 15 is 0 Å². The van der Waals surface area contributed by atoms with Crippen LogP contribution >= 0.6 is 0 Å². The molecule has 3 atom stereocenters. The van der Waals surface area contributed by atoms with Crippen LogP contribution in [0.3, 0.4) is 0 Å². The van der Waals surface area contributed by atoms with Crippen LogP contribution in [0.5, 0.6) is 0 Å². The Hall–Kier alpha value is -3.39. The first-order valence-electron chi connectivity index (χ1n) is 12.4.